The van der Waals surface area contributed by atoms with E-state index in [1.165, 1.54) is 0 Å². The fraction of sp³-hybridized carbons (Fsp3) is 0.412. The Labute approximate surface area is 131 Å². The van der Waals surface area contributed by atoms with Crippen molar-refractivity contribution in [2.24, 2.45) is 7.05 Å². The Morgan fingerprint density at radius 2 is 1.95 bits per heavy atom. The average molecular weight is 301 g/mol. The summed E-state index contributed by atoms with van der Waals surface area (Å²) in [4.78, 5) is 12.3. The van der Waals surface area contributed by atoms with E-state index in [1.54, 1.807) is 24.3 Å². The van der Waals surface area contributed by atoms with Crippen molar-refractivity contribution >= 4 is 5.91 Å². The summed E-state index contributed by atoms with van der Waals surface area (Å²) in [6.45, 7) is 5.92. The number of benzene rings is 1. The van der Waals surface area contributed by atoms with Gasteiger partial charge in [0, 0.05) is 18.3 Å². The first-order valence-electron chi connectivity index (χ1n) is 7.49. The number of aromatic nitrogens is 2. The predicted molar refractivity (Wildman–Crippen MR) is 85.3 cm³/mol. The molecule has 0 aliphatic rings. The third-order valence-corrected chi connectivity index (χ3v) is 4.00. The van der Waals surface area contributed by atoms with E-state index in [2.05, 4.69) is 10.4 Å². The Hall–Kier alpha value is -2.14. The fourth-order valence-corrected chi connectivity index (χ4v) is 2.71. The molecule has 2 N–H and O–H groups in total. The van der Waals surface area contributed by atoms with Gasteiger partial charge in [-0.05, 0) is 25.8 Å². The van der Waals surface area contributed by atoms with Gasteiger partial charge in [0.15, 0.2) is 6.10 Å². The van der Waals surface area contributed by atoms with Crippen LogP contribution in [0.4, 0.5) is 0 Å². The van der Waals surface area contributed by atoms with Crippen molar-refractivity contribution in [2.45, 2.75) is 39.3 Å². The molecule has 1 amide bonds. The lowest BCUT2D eigenvalue weighted by Crippen LogP contribution is -2.33. The van der Waals surface area contributed by atoms with E-state index in [-0.39, 0.29) is 11.9 Å². The van der Waals surface area contributed by atoms with Crippen molar-refractivity contribution in [3.05, 3.63) is 52.8 Å². The molecular formula is C17H23N3O2. The molecular weight excluding hydrogens is 278 g/mol. The summed E-state index contributed by atoms with van der Waals surface area (Å²) in [5.74, 6) is -0.388. The number of rotatable bonds is 5. The zero-order valence-corrected chi connectivity index (χ0v) is 13.5. The summed E-state index contributed by atoms with van der Waals surface area (Å²) in [6.07, 6.45) is -0.423. The first kappa shape index (κ1) is 16.2. The Morgan fingerprint density at radius 3 is 2.45 bits per heavy atom. The van der Waals surface area contributed by atoms with Gasteiger partial charge in [-0.15, -0.1) is 0 Å². The highest BCUT2D eigenvalue weighted by atomic mass is 16.3. The minimum absolute atomic E-state index is 0.153. The molecule has 2 unspecified atom stereocenters. The molecule has 0 aliphatic heterocycles. The lowest BCUT2D eigenvalue weighted by atomic mass is 10.0. The normalized spacial score (nSPS) is 13.7. The number of nitrogens with one attached hydrogen (secondary N) is 1. The summed E-state index contributed by atoms with van der Waals surface area (Å²) in [6, 6.07) is 8.79. The molecule has 1 aromatic carbocycles. The Kier molecular flexibility index (Phi) is 4.98. The zero-order chi connectivity index (χ0) is 16.3. The van der Waals surface area contributed by atoms with Crippen LogP contribution >= 0.6 is 0 Å². The lowest BCUT2D eigenvalue weighted by Gasteiger charge is -2.20. The van der Waals surface area contributed by atoms with E-state index in [4.69, 9.17) is 0 Å². The first-order valence-corrected chi connectivity index (χ1v) is 7.49. The van der Waals surface area contributed by atoms with Crippen LogP contribution < -0.4 is 5.32 Å². The number of aryl methyl sites for hydroxylation is 2. The number of hydrogen-bond acceptors (Lipinski definition) is 3. The van der Waals surface area contributed by atoms with Crippen LogP contribution in [0.2, 0.25) is 0 Å². The summed E-state index contributed by atoms with van der Waals surface area (Å²) >= 11 is 0. The Bertz CT molecular complexity index is 649. The van der Waals surface area contributed by atoms with E-state index in [1.807, 2.05) is 38.6 Å². The van der Waals surface area contributed by atoms with Crippen LogP contribution in [0.5, 0.6) is 0 Å². The molecule has 1 heterocycles. The minimum Gasteiger partial charge on any atom is -0.378 e. The maximum atomic E-state index is 12.3. The molecule has 2 aromatic rings. The second-order valence-electron chi connectivity index (χ2n) is 5.49. The van der Waals surface area contributed by atoms with Gasteiger partial charge in [-0.25, -0.2) is 0 Å². The van der Waals surface area contributed by atoms with E-state index < -0.39 is 6.10 Å². The first-order chi connectivity index (χ1) is 10.5. The Morgan fingerprint density at radius 1 is 1.32 bits per heavy atom. The third kappa shape index (κ3) is 3.20. The highest BCUT2D eigenvalue weighted by Crippen LogP contribution is 2.24. The quantitative estimate of drug-likeness (QED) is 0.890. The van der Waals surface area contributed by atoms with Crippen LogP contribution in [0.15, 0.2) is 30.3 Å². The van der Waals surface area contributed by atoms with Gasteiger partial charge in [0.25, 0.3) is 5.91 Å². The van der Waals surface area contributed by atoms with E-state index in [0.717, 1.165) is 23.4 Å². The predicted octanol–water partition coefficient (Wildman–Crippen LogP) is 2.34. The third-order valence-electron chi connectivity index (χ3n) is 4.00. The number of nitrogens with zero attached hydrogens (tertiary/aromatic N) is 2. The second-order valence-corrected chi connectivity index (χ2v) is 5.49. The molecule has 2 atom stereocenters. The van der Waals surface area contributed by atoms with Crippen LogP contribution in [-0.2, 0) is 11.8 Å². The fourth-order valence-electron chi connectivity index (χ4n) is 2.71. The smallest absolute Gasteiger partial charge is 0.253 e. The highest BCUT2D eigenvalue weighted by Gasteiger charge is 2.24. The molecule has 5 nitrogen and oxygen atoms in total. The molecule has 22 heavy (non-hydrogen) atoms. The lowest BCUT2D eigenvalue weighted by molar-refractivity contribution is -0.130. The number of carbonyl (C=O) groups excluding carboxylic acids is 1. The molecule has 1 aromatic heterocycles. The van der Waals surface area contributed by atoms with Gasteiger partial charge in [-0.1, -0.05) is 37.3 Å². The molecule has 0 saturated carbocycles. The zero-order valence-electron chi connectivity index (χ0n) is 13.5. The average Bonchev–Trinajstić information content (AvgIpc) is 2.78. The minimum atomic E-state index is -1.16. The summed E-state index contributed by atoms with van der Waals surface area (Å²) in [5.41, 5.74) is 3.55. The molecule has 0 saturated heterocycles. The second kappa shape index (κ2) is 6.75. The van der Waals surface area contributed by atoms with Crippen LogP contribution in [-0.4, -0.2) is 20.8 Å². The SMILES string of the molecule is CCC(NC(=O)C(O)c1ccccc1)c1c(C)nn(C)c1C. The topological polar surface area (TPSA) is 67.2 Å². The maximum absolute atomic E-state index is 12.3. The summed E-state index contributed by atoms with van der Waals surface area (Å²) in [7, 11) is 1.89. The van der Waals surface area contributed by atoms with Crippen molar-refractivity contribution < 1.29 is 9.90 Å². The van der Waals surface area contributed by atoms with Crippen LogP contribution in [0.1, 0.15) is 48.0 Å². The summed E-state index contributed by atoms with van der Waals surface area (Å²) in [5, 5.41) is 17.5. The van der Waals surface area contributed by atoms with Crippen LogP contribution in [0.25, 0.3) is 0 Å². The number of aliphatic hydroxyl groups excluding tert-OH is 1. The number of hydrogen-bond donors (Lipinski definition) is 2. The molecule has 2 rings (SSSR count). The van der Waals surface area contributed by atoms with Crippen molar-refractivity contribution in [1.29, 1.82) is 0 Å². The molecule has 0 aliphatic carbocycles. The molecule has 0 bridgehead atoms. The molecule has 118 valence electrons. The van der Waals surface area contributed by atoms with Crippen molar-refractivity contribution in [3.63, 3.8) is 0 Å². The summed E-state index contributed by atoms with van der Waals surface area (Å²) < 4.78 is 1.81. The standard InChI is InChI=1S/C17H23N3O2/c1-5-14(15-11(2)19-20(4)12(15)3)18-17(22)16(21)13-9-7-6-8-10-13/h6-10,14,16,21H,5H2,1-4H3,(H,18,22). The van der Waals surface area contributed by atoms with Crippen LogP contribution in [0.3, 0.4) is 0 Å². The van der Waals surface area contributed by atoms with Crippen molar-refractivity contribution in [2.75, 3.05) is 0 Å². The Balaban J connectivity index is 2.18. The number of carbonyl (C=O) groups is 1. The molecule has 5 heteroatoms. The number of amides is 1. The largest absolute Gasteiger partial charge is 0.378 e. The molecule has 0 fully saturated rings. The van der Waals surface area contributed by atoms with E-state index >= 15 is 0 Å². The number of aliphatic hydroxyl groups is 1. The van der Waals surface area contributed by atoms with E-state index in [9.17, 15) is 9.90 Å². The van der Waals surface area contributed by atoms with E-state index in [0.29, 0.717) is 5.56 Å². The van der Waals surface area contributed by atoms with Gasteiger partial charge in [0.1, 0.15) is 0 Å². The van der Waals surface area contributed by atoms with Crippen LogP contribution in [0, 0.1) is 13.8 Å². The maximum Gasteiger partial charge on any atom is 0.253 e. The highest BCUT2D eigenvalue weighted by molar-refractivity contribution is 5.82. The van der Waals surface area contributed by atoms with Gasteiger partial charge in [-0.3, -0.25) is 9.48 Å². The van der Waals surface area contributed by atoms with Gasteiger partial charge in [-0.2, -0.15) is 5.10 Å². The van der Waals surface area contributed by atoms with Gasteiger partial charge in [0.2, 0.25) is 0 Å². The van der Waals surface area contributed by atoms with Crippen molar-refractivity contribution in [3.8, 4) is 0 Å². The van der Waals surface area contributed by atoms with Gasteiger partial charge in [0.05, 0.1) is 11.7 Å². The molecule has 0 spiro atoms. The molecule has 0 radical (unpaired) electrons. The van der Waals surface area contributed by atoms with Gasteiger partial charge >= 0.3 is 0 Å². The van der Waals surface area contributed by atoms with Gasteiger partial charge < -0.3 is 10.4 Å². The van der Waals surface area contributed by atoms with Crippen molar-refractivity contribution in [1.82, 2.24) is 15.1 Å². The monoisotopic (exact) mass is 301 g/mol.